The van der Waals surface area contributed by atoms with Crippen molar-refractivity contribution in [2.75, 3.05) is 38.4 Å². The van der Waals surface area contributed by atoms with Crippen LogP contribution in [0.15, 0.2) is 42.9 Å². The fourth-order valence-electron chi connectivity index (χ4n) is 3.02. The number of carbonyl (C=O) groups excluding carboxylic acids is 1. The first kappa shape index (κ1) is 20.1. The molecule has 30 heavy (non-hydrogen) atoms. The van der Waals surface area contributed by atoms with Crippen molar-refractivity contribution >= 4 is 23.5 Å². The first-order chi connectivity index (χ1) is 14.6. The summed E-state index contributed by atoms with van der Waals surface area (Å²) >= 11 is 6.21. The Bertz CT molecular complexity index is 1020. The highest BCUT2D eigenvalue weighted by Crippen LogP contribution is 2.25. The molecular formula is C20H21ClN6O3. The van der Waals surface area contributed by atoms with Crippen LogP contribution in [-0.4, -0.2) is 63.6 Å². The molecule has 2 aromatic heterocycles. The Morgan fingerprint density at radius 3 is 2.70 bits per heavy atom. The third kappa shape index (κ3) is 4.69. The number of aryl methyl sites for hydroxylation is 1. The number of amides is 1. The van der Waals surface area contributed by atoms with Crippen LogP contribution in [0, 0.1) is 0 Å². The van der Waals surface area contributed by atoms with Crippen molar-refractivity contribution in [2.45, 2.75) is 0 Å². The van der Waals surface area contributed by atoms with Gasteiger partial charge in [0.2, 0.25) is 5.95 Å². The first-order valence-electron chi connectivity index (χ1n) is 9.45. The maximum atomic E-state index is 12.5. The summed E-state index contributed by atoms with van der Waals surface area (Å²) in [6.07, 6.45) is 5.05. The van der Waals surface area contributed by atoms with Crippen LogP contribution < -0.4 is 10.1 Å². The molecule has 0 aliphatic carbocycles. The van der Waals surface area contributed by atoms with E-state index in [0.29, 0.717) is 54.3 Å². The van der Waals surface area contributed by atoms with Crippen molar-refractivity contribution in [1.29, 1.82) is 0 Å². The Hall–Kier alpha value is -3.17. The van der Waals surface area contributed by atoms with Gasteiger partial charge < -0.3 is 19.7 Å². The lowest BCUT2D eigenvalue weighted by Crippen LogP contribution is -2.40. The third-order valence-electron chi connectivity index (χ3n) is 4.59. The van der Waals surface area contributed by atoms with Crippen molar-refractivity contribution in [3.63, 3.8) is 0 Å². The molecule has 10 heteroatoms. The third-order valence-corrected chi connectivity index (χ3v) is 4.87. The zero-order valence-corrected chi connectivity index (χ0v) is 17.2. The molecule has 1 N–H and O–H groups in total. The van der Waals surface area contributed by atoms with Gasteiger partial charge in [-0.25, -0.2) is 9.97 Å². The lowest BCUT2D eigenvalue weighted by molar-refractivity contribution is 0.0303. The minimum absolute atomic E-state index is 0.000436. The SMILES string of the molecule is Cn1cc(-c2nc(NCOc3ccc(C(=O)N4CCOCC4)cc3)ncc2Cl)cn1. The number of nitrogens with zero attached hydrogens (tertiary/aromatic N) is 5. The number of aromatic nitrogens is 4. The van der Waals surface area contributed by atoms with Gasteiger partial charge in [-0.3, -0.25) is 9.48 Å². The fraction of sp³-hybridized carbons (Fsp3) is 0.300. The first-order valence-corrected chi connectivity index (χ1v) is 9.83. The van der Waals surface area contributed by atoms with Crippen molar-refractivity contribution in [3.05, 3.63) is 53.4 Å². The summed E-state index contributed by atoms with van der Waals surface area (Å²) in [7, 11) is 1.82. The number of ether oxygens (including phenoxy) is 2. The maximum absolute atomic E-state index is 12.5. The zero-order valence-electron chi connectivity index (χ0n) is 16.4. The number of rotatable bonds is 6. The predicted octanol–water partition coefficient (Wildman–Crippen LogP) is 2.45. The van der Waals surface area contributed by atoms with E-state index < -0.39 is 0 Å². The normalized spacial score (nSPS) is 13.9. The van der Waals surface area contributed by atoms with Gasteiger partial charge in [0, 0.05) is 37.5 Å². The maximum Gasteiger partial charge on any atom is 0.254 e. The minimum atomic E-state index is 0.000436. The van der Waals surface area contributed by atoms with Gasteiger partial charge in [0.25, 0.3) is 5.91 Å². The molecule has 1 amide bonds. The van der Waals surface area contributed by atoms with Crippen molar-refractivity contribution in [2.24, 2.45) is 7.05 Å². The summed E-state index contributed by atoms with van der Waals surface area (Å²) in [4.78, 5) is 22.9. The molecule has 0 radical (unpaired) electrons. The fourth-order valence-corrected chi connectivity index (χ4v) is 3.23. The van der Waals surface area contributed by atoms with Crippen LogP contribution in [-0.2, 0) is 11.8 Å². The predicted molar refractivity (Wildman–Crippen MR) is 112 cm³/mol. The van der Waals surface area contributed by atoms with Crippen LogP contribution in [0.25, 0.3) is 11.3 Å². The standard InChI is InChI=1S/C20H21ClN6O3/c1-26-12-15(10-24-26)18-17(21)11-22-20(25-18)23-13-30-16-4-2-14(3-5-16)19(28)27-6-8-29-9-7-27/h2-5,10-12H,6-9,13H2,1H3,(H,22,23,25). The molecule has 0 bridgehead atoms. The van der Waals surface area contributed by atoms with Gasteiger partial charge in [-0.05, 0) is 24.3 Å². The second-order valence-corrected chi connectivity index (χ2v) is 7.09. The number of halogens is 1. The van der Waals surface area contributed by atoms with Crippen LogP contribution in [0.5, 0.6) is 5.75 Å². The molecule has 156 valence electrons. The van der Waals surface area contributed by atoms with Gasteiger partial charge >= 0.3 is 0 Å². The average Bonchev–Trinajstić information content (AvgIpc) is 3.21. The number of carbonyl (C=O) groups is 1. The van der Waals surface area contributed by atoms with Gasteiger partial charge in [-0.15, -0.1) is 0 Å². The molecule has 0 atom stereocenters. The lowest BCUT2D eigenvalue weighted by Gasteiger charge is -2.26. The highest BCUT2D eigenvalue weighted by atomic mass is 35.5. The zero-order chi connectivity index (χ0) is 20.9. The van der Waals surface area contributed by atoms with Gasteiger partial charge in [0.1, 0.15) is 5.75 Å². The Labute approximate surface area is 178 Å². The highest BCUT2D eigenvalue weighted by Gasteiger charge is 2.18. The smallest absolute Gasteiger partial charge is 0.254 e. The van der Waals surface area contributed by atoms with Crippen molar-refractivity contribution in [3.8, 4) is 17.0 Å². The largest absolute Gasteiger partial charge is 0.473 e. The van der Waals surface area contributed by atoms with E-state index in [2.05, 4.69) is 20.4 Å². The molecular weight excluding hydrogens is 408 g/mol. The van der Waals surface area contributed by atoms with E-state index in [-0.39, 0.29) is 12.6 Å². The number of morpholine rings is 1. The molecule has 9 nitrogen and oxygen atoms in total. The number of nitrogens with one attached hydrogen (secondary N) is 1. The van der Waals surface area contributed by atoms with Gasteiger partial charge in [0.05, 0.1) is 36.3 Å². The molecule has 0 saturated carbocycles. The Morgan fingerprint density at radius 2 is 2.00 bits per heavy atom. The van der Waals surface area contributed by atoms with Gasteiger partial charge in [-0.1, -0.05) is 11.6 Å². The van der Waals surface area contributed by atoms with E-state index in [4.69, 9.17) is 21.1 Å². The van der Waals surface area contributed by atoms with Crippen LogP contribution in [0.4, 0.5) is 5.95 Å². The summed E-state index contributed by atoms with van der Waals surface area (Å²) < 4.78 is 12.6. The van der Waals surface area contributed by atoms with E-state index in [1.165, 1.54) is 6.20 Å². The Balaban J connectivity index is 1.34. The van der Waals surface area contributed by atoms with Crippen LogP contribution in [0.1, 0.15) is 10.4 Å². The molecule has 3 heterocycles. The van der Waals surface area contributed by atoms with E-state index in [9.17, 15) is 4.79 Å². The molecule has 1 saturated heterocycles. The lowest BCUT2D eigenvalue weighted by atomic mass is 10.2. The van der Waals surface area contributed by atoms with Gasteiger partial charge in [-0.2, -0.15) is 5.10 Å². The second kappa shape index (κ2) is 9.10. The second-order valence-electron chi connectivity index (χ2n) is 6.69. The highest BCUT2D eigenvalue weighted by molar-refractivity contribution is 6.32. The van der Waals surface area contributed by atoms with Crippen molar-refractivity contribution in [1.82, 2.24) is 24.6 Å². The summed E-state index contributed by atoms with van der Waals surface area (Å²) in [5.41, 5.74) is 2.02. The van der Waals surface area contributed by atoms with E-state index in [0.717, 1.165) is 5.56 Å². The molecule has 0 spiro atoms. The summed E-state index contributed by atoms with van der Waals surface area (Å²) in [5.74, 6) is 1.01. The number of benzene rings is 1. The van der Waals surface area contributed by atoms with E-state index in [1.807, 2.05) is 13.2 Å². The topological polar surface area (TPSA) is 94.4 Å². The molecule has 1 aliphatic rings. The number of hydrogen-bond acceptors (Lipinski definition) is 7. The van der Waals surface area contributed by atoms with Crippen LogP contribution in [0.3, 0.4) is 0 Å². The minimum Gasteiger partial charge on any atom is -0.473 e. The Morgan fingerprint density at radius 1 is 1.23 bits per heavy atom. The van der Waals surface area contributed by atoms with Crippen LogP contribution in [0.2, 0.25) is 5.02 Å². The van der Waals surface area contributed by atoms with E-state index in [1.54, 1.807) is 40.0 Å². The summed E-state index contributed by atoms with van der Waals surface area (Å²) in [6.45, 7) is 2.54. The molecule has 3 aromatic rings. The monoisotopic (exact) mass is 428 g/mol. The molecule has 0 unspecified atom stereocenters. The Kier molecular flexibility index (Phi) is 6.10. The number of anilines is 1. The molecule has 4 rings (SSSR count). The quantitative estimate of drug-likeness (QED) is 0.602. The summed E-state index contributed by atoms with van der Waals surface area (Å²) in [5, 5.41) is 7.58. The molecule has 1 aromatic carbocycles. The van der Waals surface area contributed by atoms with Crippen molar-refractivity contribution < 1.29 is 14.3 Å². The van der Waals surface area contributed by atoms with Gasteiger partial charge in [0.15, 0.2) is 6.73 Å². The molecule has 1 fully saturated rings. The van der Waals surface area contributed by atoms with E-state index >= 15 is 0 Å². The van der Waals surface area contributed by atoms with Crippen LogP contribution >= 0.6 is 11.6 Å². The number of hydrogen-bond donors (Lipinski definition) is 1. The summed E-state index contributed by atoms with van der Waals surface area (Å²) in [6, 6.07) is 7.04. The molecule has 1 aliphatic heterocycles. The average molecular weight is 429 g/mol.